The molecule has 1 heterocycles. The van der Waals surface area contributed by atoms with Crippen molar-refractivity contribution in [2.75, 3.05) is 26.8 Å². The van der Waals surface area contributed by atoms with Crippen molar-refractivity contribution in [1.29, 1.82) is 0 Å². The largest absolute Gasteiger partial charge is 0.381 e. The van der Waals surface area contributed by atoms with Crippen molar-refractivity contribution in [3.63, 3.8) is 0 Å². The van der Waals surface area contributed by atoms with Gasteiger partial charge in [-0.05, 0) is 33.7 Å². The topological polar surface area (TPSA) is 38.5 Å². The Bertz CT molecular complexity index is 204. The molecule has 1 saturated heterocycles. The fourth-order valence-electron chi connectivity index (χ4n) is 2.74. The van der Waals surface area contributed by atoms with Crippen LogP contribution in [0.4, 0.5) is 0 Å². The summed E-state index contributed by atoms with van der Waals surface area (Å²) in [5, 5.41) is 0. The van der Waals surface area contributed by atoms with Crippen molar-refractivity contribution in [2.24, 2.45) is 11.7 Å². The number of nitrogens with zero attached hydrogens (tertiary/aromatic N) is 1. The van der Waals surface area contributed by atoms with Crippen LogP contribution < -0.4 is 5.73 Å². The molecule has 96 valence electrons. The van der Waals surface area contributed by atoms with Gasteiger partial charge in [-0.1, -0.05) is 13.3 Å². The quantitative estimate of drug-likeness (QED) is 0.754. The third-order valence-corrected chi connectivity index (χ3v) is 4.40. The van der Waals surface area contributed by atoms with E-state index in [0.29, 0.717) is 18.5 Å². The van der Waals surface area contributed by atoms with Crippen LogP contribution in [0.25, 0.3) is 0 Å². The lowest BCUT2D eigenvalue weighted by Gasteiger charge is -2.45. The average Bonchev–Trinajstić information content (AvgIpc) is 2.81. The number of ether oxygens (including phenoxy) is 1. The van der Waals surface area contributed by atoms with E-state index in [1.165, 1.54) is 12.8 Å². The zero-order chi connectivity index (χ0) is 12.2. The first-order valence-electron chi connectivity index (χ1n) is 6.57. The van der Waals surface area contributed by atoms with Crippen LogP contribution in [0.5, 0.6) is 0 Å². The summed E-state index contributed by atoms with van der Waals surface area (Å²) in [7, 11) is 2.21. The fraction of sp³-hybridized carbons (Fsp3) is 1.00. The maximum absolute atomic E-state index is 6.02. The minimum absolute atomic E-state index is 0.0884. The van der Waals surface area contributed by atoms with Crippen molar-refractivity contribution in [2.45, 2.75) is 51.6 Å². The highest BCUT2D eigenvalue weighted by Gasteiger charge is 2.40. The van der Waals surface area contributed by atoms with E-state index < -0.39 is 0 Å². The van der Waals surface area contributed by atoms with Gasteiger partial charge in [0.25, 0.3) is 0 Å². The third kappa shape index (κ3) is 2.76. The van der Waals surface area contributed by atoms with Gasteiger partial charge in [-0.3, -0.25) is 4.90 Å². The third-order valence-electron chi connectivity index (χ3n) is 4.40. The smallest absolute Gasteiger partial charge is 0.0513 e. The molecule has 3 heteroatoms. The molecule has 3 unspecified atom stereocenters. The molecule has 0 amide bonds. The molecule has 0 aliphatic carbocycles. The van der Waals surface area contributed by atoms with Crippen molar-refractivity contribution >= 4 is 0 Å². The summed E-state index contributed by atoms with van der Waals surface area (Å²) in [4.78, 5) is 2.47. The van der Waals surface area contributed by atoms with Crippen LogP contribution in [-0.4, -0.2) is 43.3 Å². The molecule has 0 saturated carbocycles. The van der Waals surface area contributed by atoms with Crippen molar-refractivity contribution in [3.05, 3.63) is 0 Å². The van der Waals surface area contributed by atoms with Crippen LogP contribution in [0.1, 0.15) is 40.0 Å². The second-order valence-corrected chi connectivity index (χ2v) is 5.37. The van der Waals surface area contributed by atoms with E-state index in [-0.39, 0.29) is 5.54 Å². The zero-order valence-electron chi connectivity index (χ0n) is 11.3. The molecular formula is C13H28N2O. The Balaban J connectivity index is 2.69. The van der Waals surface area contributed by atoms with Crippen molar-refractivity contribution in [1.82, 2.24) is 4.90 Å². The van der Waals surface area contributed by atoms with Gasteiger partial charge in [-0.25, -0.2) is 0 Å². The lowest BCUT2D eigenvalue weighted by molar-refractivity contribution is 0.0358. The lowest BCUT2D eigenvalue weighted by atomic mass is 9.82. The van der Waals surface area contributed by atoms with Crippen LogP contribution in [-0.2, 0) is 4.74 Å². The number of hydrogen-bond acceptors (Lipinski definition) is 3. The molecule has 0 spiro atoms. The molecule has 1 aliphatic heterocycles. The zero-order valence-corrected chi connectivity index (χ0v) is 11.3. The molecule has 1 aliphatic rings. The first-order valence-corrected chi connectivity index (χ1v) is 6.57. The molecule has 3 atom stereocenters. The van der Waals surface area contributed by atoms with Crippen LogP contribution in [0.3, 0.4) is 0 Å². The number of rotatable bonds is 6. The molecule has 0 aromatic rings. The predicted octanol–water partition coefficient (Wildman–Crippen LogP) is 1.86. The second kappa shape index (κ2) is 5.99. The molecule has 1 fully saturated rings. The molecular weight excluding hydrogens is 200 g/mol. The summed E-state index contributed by atoms with van der Waals surface area (Å²) in [5.74, 6) is 0.585. The number of nitrogens with two attached hydrogens (primary N) is 1. The van der Waals surface area contributed by atoms with Crippen molar-refractivity contribution in [3.8, 4) is 0 Å². The van der Waals surface area contributed by atoms with Gasteiger partial charge in [0.2, 0.25) is 0 Å². The minimum atomic E-state index is 0.0884. The SMILES string of the molecule is CCCC(C)N(C)C(C)(CN)C1CCOC1. The molecule has 16 heavy (non-hydrogen) atoms. The molecule has 0 aromatic carbocycles. The Morgan fingerprint density at radius 3 is 2.69 bits per heavy atom. The van der Waals surface area contributed by atoms with Gasteiger partial charge in [-0.2, -0.15) is 0 Å². The van der Waals surface area contributed by atoms with E-state index in [1.807, 2.05) is 0 Å². The van der Waals surface area contributed by atoms with Gasteiger partial charge in [0.05, 0.1) is 6.61 Å². The maximum Gasteiger partial charge on any atom is 0.0513 e. The summed E-state index contributed by atoms with van der Waals surface area (Å²) < 4.78 is 5.51. The summed E-state index contributed by atoms with van der Waals surface area (Å²) in [6, 6.07) is 0.596. The van der Waals surface area contributed by atoms with E-state index in [1.54, 1.807) is 0 Å². The molecule has 1 rings (SSSR count). The monoisotopic (exact) mass is 228 g/mol. The Labute approximate surface area is 100 Å². The summed E-state index contributed by atoms with van der Waals surface area (Å²) in [6.45, 7) is 9.31. The second-order valence-electron chi connectivity index (χ2n) is 5.37. The molecule has 0 aromatic heterocycles. The Kier molecular flexibility index (Phi) is 5.22. The van der Waals surface area contributed by atoms with Gasteiger partial charge < -0.3 is 10.5 Å². The molecule has 2 N–H and O–H groups in total. The normalized spacial score (nSPS) is 27.0. The summed E-state index contributed by atoms with van der Waals surface area (Å²) >= 11 is 0. The Morgan fingerprint density at radius 1 is 1.56 bits per heavy atom. The molecule has 3 nitrogen and oxygen atoms in total. The van der Waals surface area contributed by atoms with Crippen molar-refractivity contribution < 1.29 is 4.74 Å². The lowest BCUT2D eigenvalue weighted by Crippen LogP contribution is -2.58. The highest BCUT2D eigenvalue weighted by Crippen LogP contribution is 2.31. The number of hydrogen-bond donors (Lipinski definition) is 1. The minimum Gasteiger partial charge on any atom is -0.381 e. The van der Waals surface area contributed by atoms with E-state index in [0.717, 1.165) is 19.6 Å². The van der Waals surface area contributed by atoms with Crippen LogP contribution in [0.2, 0.25) is 0 Å². The summed E-state index contributed by atoms with van der Waals surface area (Å²) in [5.41, 5.74) is 6.11. The van der Waals surface area contributed by atoms with Crippen LogP contribution >= 0.6 is 0 Å². The van der Waals surface area contributed by atoms with Gasteiger partial charge >= 0.3 is 0 Å². The highest BCUT2D eigenvalue weighted by atomic mass is 16.5. The fourth-order valence-corrected chi connectivity index (χ4v) is 2.74. The van der Waals surface area contributed by atoms with Gasteiger partial charge in [0, 0.05) is 30.7 Å². The van der Waals surface area contributed by atoms with E-state index in [9.17, 15) is 0 Å². The predicted molar refractivity (Wildman–Crippen MR) is 68.5 cm³/mol. The van der Waals surface area contributed by atoms with Gasteiger partial charge in [0.1, 0.15) is 0 Å². The van der Waals surface area contributed by atoms with Crippen LogP contribution in [0.15, 0.2) is 0 Å². The average molecular weight is 228 g/mol. The molecule has 0 radical (unpaired) electrons. The molecule has 0 bridgehead atoms. The van der Waals surface area contributed by atoms with Crippen LogP contribution in [0, 0.1) is 5.92 Å². The Morgan fingerprint density at radius 2 is 2.25 bits per heavy atom. The first-order chi connectivity index (χ1) is 7.56. The maximum atomic E-state index is 6.02. The first kappa shape index (κ1) is 13.9. The standard InChI is InChI=1S/C13H28N2O/c1-5-6-11(2)15(4)13(3,10-14)12-7-8-16-9-12/h11-12H,5-10,14H2,1-4H3. The van der Waals surface area contributed by atoms with Gasteiger partial charge in [-0.15, -0.1) is 0 Å². The number of likely N-dealkylation sites (N-methyl/N-ethyl adjacent to an activating group) is 1. The van der Waals surface area contributed by atoms with E-state index in [4.69, 9.17) is 10.5 Å². The summed E-state index contributed by atoms with van der Waals surface area (Å²) in [6.07, 6.45) is 3.61. The van der Waals surface area contributed by atoms with E-state index >= 15 is 0 Å². The van der Waals surface area contributed by atoms with Gasteiger partial charge in [0.15, 0.2) is 0 Å². The van der Waals surface area contributed by atoms with E-state index in [2.05, 4.69) is 32.7 Å². The Hall–Kier alpha value is -0.120. The highest BCUT2D eigenvalue weighted by molar-refractivity contribution is 4.95.